The third-order valence-corrected chi connectivity index (χ3v) is 2.94. The van der Waals surface area contributed by atoms with Gasteiger partial charge in [0.1, 0.15) is 5.66 Å². The van der Waals surface area contributed by atoms with Crippen molar-refractivity contribution in [3.8, 4) is 0 Å². The number of piperazine rings is 1. The third-order valence-electron chi connectivity index (χ3n) is 2.94. The average molecular weight is 185 g/mol. The van der Waals surface area contributed by atoms with Gasteiger partial charge >= 0.3 is 0 Å². The number of likely N-dealkylation sites (N-methyl/N-ethyl adjacent to an activating group) is 3. The van der Waals surface area contributed by atoms with Crippen molar-refractivity contribution in [2.45, 2.75) is 5.66 Å². The first kappa shape index (κ1) is 10.6. The monoisotopic (exact) mass is 185 g/mol. The Balaban J connectivity index is 2.86. The van der Waals surface area contributed by atoms with Crippen LogP contribution in [0.15, 0.2) is 0 Å². The number of rotatable bonds is 2. The van der Waals surface area contributed by atoms with Crippen LogP contribution in [0.4, 0.5) is 0 Å². The van der Waals surface area contributed by atoms with Crippen LogP contribution in [0.2, 0.25) is 0 Å². The van der Waals surface area contributed by atoms with Gasteiger partial charge in [0.25, 0.3) is 0 Å². The van der Waals surface area contributed by atoms with Crippen molar-refractivity contribution in [3.63, 3.8) is 0 Å². The quantitative estimate of drug-likeness (QED) is 0.533. The van der Waals surface area contributed by atoms with Crippen molar-refractivity contribution in [3.05, 3.63) is 0 Å². The first-order chi connectivity index (χ1) is 6.03. The van der Waals surface area contributed by atoms with Crippen LogP contribution in [-0.4, -0.2) is 74.5 Å². The van der Waals surface area contributed by atoms with Crippen molar-refractivity contribution < 1.29 is 4.79 Å². The fraction of sp³-hybridized carbons (Fsp3) is 0.889. The first-order valence-corrected chi connectivity index (χ1v) is 4.56. The lowest BCUT2D eigenvalue weighted by atomic mass is 10.1. The molecule has 0 radical (unpaired) electrons. The second-order valence-corrected chi connectivity index (χ2v) is 4.05. The van der Waals surface area contributed by atoms with Gasteiger partial charge in [0.2, 0.25) is 0 Å². The molecule has 1 atom stereocenters. The second-order valence-electron chi connectivity index (χ2n) is 4.05. The highest BCUT2D eigenvalue weighted by Gasteiger charge is 2.40. The van der Waals surface area contributed by atoms with Gasteiger partial charge in [0.05, 0.1) is 0 Å². The molecule has 76 valence electrons. The summed E-state index contributed by atoms with van der Waals surface area (Å²) in [6.07, 6.45) is 1.04. The predicted molar refractivity (Wildman–Crippen MR) is 52.6 cm³/mol. The summed E-state index contributed by atoms with van der Waals surface area (Å²) in [7, 11) is 7.95. The van der Waals surface area contributed by atoms with Gasteiger partial charge in [-0.05, 0) is 28.2 Å². The summed E-state index contributed by atoms with van der Waals surface area (Å²) >= 11 is 0. The molecule has 13 heavy (non-hydrogen) atoms. The molecule has 4 nitrogen and oxygen atoms in total. The van der Waals surface area contributed by atoms with E-state index in [1.54, 1.807) is 0 Å². The SMILES string of the molecule is CN1CCN(C)C(C=O)(N(C)C)C1. The summed E-state index contributed by atoms with van der Waals surface area (Å²) in [5.74, 6) is 0. The zero-order chi connectivity index (χ0) is 10.1. The van der Waals surface area contributed by atoms with E-state index in [4.69, 9.17) is 0 Å². The van der Waals surface area contributed by atoms with Crippen LogP contribution in [0.1, 0.15) is 0 Å². The van der Waals surface area contributed by atoms with Crippen molar-refractivity contribution >= 4 is 6.29 Å². The Labute approximate surface area is 80.1 Å². The lowest BCUT2D eigenvalue weighted by molar-refractivity contribution is -0.135. The number of nitrogens with zero attached hydrogens (tertiary/aromatic N) is 3. The van der Waals surface area contributed by atoms with E-state index in [0.29, 0.717) is 0 Å². The van der Waals surface area contributed by atoms with Crippen LogP contribution in [0.5, 0.6) is 0 Å². The summed E-state index contributed by atoms with van der Waals surface area (Å²) in [5.41, 5.74) is -0.437. The lowest BCUT2D eigenvalue weighted by Gasteiger charge is -2.48. The fourth-order valence-electron chi connectivity index (χ4n) is 1.83. The van der Waals surface area contributed by atoms with Crippen LogP contribution in [0.3, 0.4) is 0 Å². The van der Waals surface area contributed by atoms with Gasteiger partial charge in [-0.1, -0.05) is 0 Å². The van der Waals surface area contributed by atoms with Gasteiger partial charge in [0, 0.05) is 19.6 Å². The van der Waals surface area contributed by atoms with Crippen molar-refractivity contribution in [1.29, 1.82) is 0 Å². The van der Waals surface area contributed by atoms with E-state index in [0.717, 1.165) is 25.9 Å². The molecule has 0 spiro atoms. The molecule has 1 fully saturated rings. The summed E-state index contributed by atoms with van der Waals surface area (Å²) in [5, 5.41) is 0. The molecule has 4 heteroatoms. The molecule has 1 aliphatic heterocycles. The molecule has 1 aliphatic rings. The Morgan fingerprint density at radius 2 is 1.92 bits per heavy atom. The van der Waals surface area contributed by atoms with Crippen LogP contribution >= 0.6 is 0 Å². The standard InChI is InChI=1S/C9H19N3O/c1-10(2)9(8-13)7-11(3)5-6-12(9)4/h8H,5-7H2,1-4H3. The van der Waals surface area contributed by atoms with Crippen LogP contribution in [0.25, 0.3) is 0 Å². The minimum atomic E-state index is -0.437. The van der Waals surface area contributed by atoms with Gasteiger partial charge in [-0.3, -0.25) is 14.6 Å². The minimum absolute atomic E-state index is 0.437. The van der Waals surface area contributed by atoms with E-state index in [9.17, 15) is 4.79 Å². The van der Waals surface area contributed by atoms with E-state index < -0.39 is 5.66 Å². The fourth-order valence-corrected chi connectivity index (χ4v) is 1.83. The maximum absolute atomic E-state index is 11.2. The number of carbonyl (C=O) groups excluding carboxylic acids is 1. The summed E-state index contributed by atoms with van der Waals surface area (Å²) in [6.45, 7) is 2.74. The number of carbonyl (C=O) groups is 1. The Bertz CT molecular complexity index is 195. The molecule has 0 aliphatic carbocycles. The molecular weight excluding hydrogens is 166 g/mol. The van der Waals surface area contributed by atoms with E-state index in [1.807, 2.05) is 26.0 Å². The van der Waals surface area contributed by atoms with Crippen LogP contribution in [0, 0.1) is 0 Å². The Morgan fingerprint density at radius 1 is 1.31 bits per heavy atom. The predicted octanol–water partition coefficient (Wildman–Crippen LogP) is -0.680. The molecule has 1 unspecified atom stereocenters. The van der Waals surface area contributed by atoms with E-state index in [1.165, 1.54) is 0 Å². The van der Waals surface area contributed by atoms with Gasteiger partial charge in [-0.15, -0.1) is 0 Å². The van der Waals surface area contributed by atoms with Crippen molar-refractivity contribution in [1.82, 2.24) is 14.7 Å². The summed E-state index contributed by atoms with van der Waals surface area (Å²) in [6, 6.07) is 0. The highest BCUT2D eigenvalue weighted by molar-refractivity contribution is 5.64. The van der Waals surface area contributed by atoms with E-state index in [-0.39, 0.29) is 0 Å². The van der Waals surface area contributed by atoms with Crippen LogP contribution in [-0.2, 0) is 4.79 Å². The minimum Gasteiger partial charge on any atom is -0.301 e. The topological polar surface area (TPSA) is 26.8 Å². The van der Waals surface area contributed by atoms with E-state index >= 15 is 0 Å². The molecule has 0 bridgehead atoms. The van der Waals surface area contributed by atoms with Crippen molar-refractivity contribution in [2.75, 3.05) is 47.8 Å². The molecule has 1 heterocycles. The normalized spacial score (nSPS) is 32.4. The highest BCUT2D eigenvalue weighted by Crippen LogP contribution is 2.19. The van der Waals surface area contributed by atoms with Crippen LogP contribution < -0.4 is 0 Å². The molecule has 0 saturated carbocycles. The summed E-state index contributed by atoms with van der Waals surface area (Å²) in [4.78, 5) is 17.5. The zero-order valence-electron chi connectivity index (χ0n) is 8.95. The number of hydrogen-bond acceptors (Lipinski definition) is 4. The van der Waals surface area contributed by atoms with Gasteiger partial charge in [0.15, 0.2) is 6.29 Å². The molecule has 0 aromatic rings. The Morgan fingerprint density at radius 3 is 2.31 bits per heavy atom. The largest absolute Gasteiger partial charge is 0.301 e. The summed E-state index contributed by atoms with van der Waals surface area (Å²) < 4.78 is 0. The smallest absolute Gasteiger partial charge is 0.156 e. The second kappa shape index (κ2) is 3.74. The molecule has 0 N–H and O–H groups in total. The highest BCUT2D eigenvalue weighted by atomic mass is 16.1. The zero-order valence-corrected chi connectivity index (χ0v) is 8.95. The number of aldehydes is 1. The maximum Gasteiger partial charge on any atom is 0.156 e. The van der Waals surface area contributed by atoms with Gasteiger partial charge < -0.3 is 4.90 Å². The van der Waals surface area contributed by atoms with Gasteiger partial charge in [-0.25, -0.2) is 0 Å². The third kappa shape index (κ3) is 1.75. The molecular formula is C9H19N3O. The Hall–Kier alpha value is -0.450. The Kier molecular flexibility index (Phi) is 3.05. The maximum atomic E-state index is 11.2. The average Bonchev–Trinajstić information content (AvgIpc) is 2.09. The van der Waals surface area contributed by atoms with Gasteiger partial charge in [-0.2, -0.15) is 0 Å². The first-order valence-electron chi connectivity index (χ1n) is 4.56. The molecule has 0 amide bonds. The molecule has 1 saturated heterocycles. The molecule has 0 aromatic carbocycles. The lowest BCUT2D eigenvalue weighted by Crippen LogP contribution is -2.67. The van der Waals surface area contributed by atoms with Crippen molar-refractivity contribution in [2.24, 2.45) is 0 Å². The molecule has 1 rings (SSSR count). The van der Waals surface area contributed by atoms with E-state index in [2.05, 4.69) is 16.8 Å². The number of hydrogen-bond donors (Lipinski definition) is 0. The molecule has 0 aromatic heterocycles.